The van der Waals surface area contributed by atoms with Gasteiger partial charge in [0.05, 0.1) is 19.8 Å². The first-order valence-electron chi connectivity index (χ1n) is 4.22. The van der Waals surface area contributed by atoms with Gasteiger partial charge in [-0.25, -0.2) is 4.39 Å². The zero-order chi connectivity index (χ0) is 11.4. The molecule has 0 unspecified atom stereocenters. The second-order valence-electron chi connectivity index (χ2n) is 2.76. The zero-order valence-corrected chi connectivity index (χ0v) is 8.54. The van der Waals surface area contributed by atoms with Crippen LogP contribution in [0.4, 0.5) is 4.39 Å². The van der Waals surface area contributed by atoms with E-state index in [0.717, 1.165) is 12.1 Å². The highest BCUT2D eigenvalue weighted by atomic mass is 19.1. The summed E-state index contributed by atoms with van der Waals surface area (Å²) in [5.41, 5.74) is -0.0809. The van der Waals surface area contributed by atoms with Crippen LogP contribution in [-0.2, 0) is 0 Å². The summed E-state index contributed by atoms with van der Waals surface area (Å²) in [6, 6.07) is 2.40. The molecule has 1 aromatic carbocycles. The Hall–Kier alpha value is -1.84. The van der Waals surface area contributed by atoms with Crippen molar-refractivity contribution in [1.82, 2.24) is 0 Å². The molecule has 0 aliphatic rings. The fourth-order valence-electron chi connectivity index (χ4n) is 1.15. The minimum atomic E-state index is -0.655. The first-order chi connectivity index (χ1) is 7.13. The van der Waals surface area contributed by atoms with Gasteiger partial charge in [0.15, 0.2) is 17.3 Å². The van der Waals surface area contributed by atoms with Crippen LogP contribution in [0.1, 0.15) is 10.4 Å². The van der Waals surface area contributed by atoms with Gasteiger partial charge in [-0.3, -0.25) is 4.79 Å². The normalized spacial score (nSPS) is 9.53. The van der Waals surface area contributed by atoms with Crippen LogP contribution in [0.2, 0.25) is 0 Å². The van der Waals surface area contributed by atoms with Crippen LogP contribution in [0.15, 0.2) is 24.8 Å². The molecule has 3 nitrogen and oxygen atoms in total. The summed E-state index contributed by atoms with van der Waals surface area (Å²) in [5, 5.41) is 0. The number of hydrogen-bond donors (Lipinski definition) is 0. The van der Waals surface area contributed by atoms with Crippen LogP contribution in [0.5, 0.6) is 11.5 Å². The maximum absolute atomic E-state index is 13.4. The highest BCUT2D eigenvalue weighted by molar-refractivity contribution is 6.04. The van der Waals surface area contributed by atoms with Gasteiger partial charge in [0.2, 0.25) is 0 Å². The SMILES string of the molecule is C=CC(=O)c1cc(OC)c(OC)cc1F. The third-order valence-electron chi connectivity index (χ3n) is 1.92. The van der Waals surface area contributed by atoms with Crippen LogP contribution in [0.3, 0.4) is 0 Å². The molecule has 15 heavy (non-hydrogen) atoms. The van der Waals surface area contributed by atoms with E-state index in [0.29, 0.717) is 5.75 Å². The average molecular weight is 210 g/mol. The molecule has 0 aliphatic carbocycles. The lowest BCUT2D eigenvalue weighted by atomic mass is 10.1. The smallest absolute Gasteiger partial charge is 0.188 e. The van der Waals surface area contributed by atoms with Gasteiger partial charge in [-0.05, 0) is 12.1 Å². The van der Waals surface area contributed by atoms with E-state index in [1.54, 1.807) is 0 Å². The fraction of sp³-hybridized carbons (Fsp3) is 0.182. The summed E-state index contributed by atoms with van der Waals surface area (Å²) in [4.78, 5) is 11.2. The fourth-order valence-corrected chi connectivity index (χ4v) is 1.15. The van der Waals surface area contributed by atoms with Crippen molar-refractivity contribution in [1.29, 1.82) is 0 Å². The Labute approximate surface area is 87.1 Å². The highest BCUT2D eigenvalue weighted by Gasteiger charge is 2.14. The lowest BCUT2D eigenvalue weighted by Crippen LogP contribution is -2.01. The summed E-state index contributed by atoms with van der Waals surface area (Å²) in [6.07, 6.45) is 1.05. The van der Waals surface area contributed by atoms with Gasteiger partial charge in [-0.1, -0.05) is 6.58 Å². The number of hydrogen-bond acceptors (Lipinski definition) is 3. The molecule has 0 bridgehead atoms. The van der Waals surface area contributed by atoms with E-state index in [2.05, 4.69) is 6.58 Å². The predicted octanol–water partition coefficient (Wildman–Crippen LogP) is 2.21. The van der Waals surface area contributed by atoms with Crippen molar-refractivity contribution >= 4 is 5.78 Å². The van der Waals surface area contributed by atoms with Crippen molar-refractivity contribution < 1.29 is 18.7 Å². The van der Waals surface area contributed by atoms with E-state index >= 15 is 0 Å². The number of allylic oxidation sites excluding steroid dienone is 1. The van der Waals surface area contributed by atoms with Gasteiger partial charge in [-0.2, -0.15) is 0 Å². The zero-order valence-electron chi connectivity index (χ0n) is 8.54. The van der Waals surface area contributed by atoms with Crippen molar-refractivity contribution in [2.24, 2.45) is 0 Å². The van der Waals surface area contributed by atoms with Gasteiger partial charge in [0, 0.05) is 6.07 Å². The maximum Gasteiger partial charge on any atom is 0.188 e. The molecule has 1 rings (SSSR count). The van der Waals surface area contributed by atoms with Crippen molar-refractivity contribution in [3.8, 4) is 11.5 Å². The van der Waals surface area contributed by atoms with E-state index in [1.807, 2.05) is 0 Å². The van der Waals surface area contributed by atoms with Gasteiger partial charge in [0.25, 0.3) is 0 Å². The Bertz CT molecular complexity index is 399. The van der Waals surface area contributed by atoms with Crippen molar-refractivity contribution in [2.45, 2.75) is 0 Å². The third kappa shape index (κ3) is 2.15. The first kappa shape index (κ1) is 11.2. The van der Waals surface area contributed by atoms with Crippen LogP contribution in [0.25, 0.3) is 0 Å². The number of rotatable bonds is 4. The summed E-state index contributed by atoms with van der Waals surface area (Å²) >= 11 is 0. The molecular weight excluding hydrogens is 199 g/mol. The number of carbonyl (C=O) groups excluding carboxylic acids is 1. The van der Waals surface area contributed by atoms with E-state index in [-0.39, 0.29) is 11.3 Å². The summed E-state index contributed by atoms with van der Waals surface area (Å²) in [7, 11) is 2.81. The highest BCUT2D eigenvalue weighted by Crippen LogP contribution is 2.29. The van der Waals surface area contributed by atoms with Crippen molar-refractivity contribution in [2.75, 3.05) is 14.2 Å². The van der Waals surface area contributed by atoms with Gasteiger partial charge < -0.3 is 9.47 Å². The minimum Gasteiger partial charge on any atom is -0.493 e. The van der Waals surface area contributed by atoms with Crippen LogP contribution in [-0.4, -0.2) is 20.0 Å². The van der Waals surface area contributed by atoms with Gasteiger partial charge in [-0.15, -0.1) is 0 Å². The molecule has 0 spiro atoms. The van der Waals surface area contributed by atoms with E-state index in [4.69, 9.17) is 9.47 Å². The van der Waals surface area contributed by atoms with Crippen molar-refractivity contribution in [3.05, 3.63) is 36.2 Å². The molecule has 0 radical (unpaired) electrons. The average Bonchev–Trinajstić information content (AvgIpc) is 2.27. The number of benzene rings is 1. The monoisotopic (exact) mass is 210 g/mol. The second kappa shape index (κ2) is 4.59. The van der Waals surface area contributed by atoms with Crippen molar-refractivity contribution in [3.63, 3.8) is 0 Å². The molecule has 0 N–H and O–H groups in total. The Morgan fingerprint density at radius 2 is 1.87 bits per heavy atom. The Morgan fingerprint density at radius 1 is 1.33 bits per heavy atom. The molecule has 0 heterocycles. The van der Waals surface area contributed by atoms with E-state index in [9.17, 15) is 9.18 Å². The number of halogens is 1. The summed E-state index contributed by atoms with van der Waals surface area (Å²) in [5.74, 6) is -0.592. The molecule has 0 aliphatic heterocycles. The molecule has 0 amide bonds. The molecular formula is C11H11FO3. The summed E-state index contributed by atoms with van der Waals surface area (Å²) in [6.45, 7) is 3.29. The maximum atomic E-state index is 13.4. The van der Waals surface area contributed by atoms with E-state index in [1.165, 1.54) is 20.3 Å². The molecule has 4 heteroatoms. The minimum absolute atomic E-state index is 0.0809. The first-order valence-corrected chi connectivity index (χ1v) is 4.22. The predicted molar refractivity (Wildman–Crippen MR) is 54.0 cm³/mol. The Morgan fingerprint density at radius 3 is 2.33 bits per heavy atom. The molecule has 0 atom stereocenters. The molecule has 0 fully saturated rings. The van der Waals surface area contributed by atoms with E-state index < -0.39 is 11.6 Å². The lowest BCUT2D eigenvalue weighted by Gasteiger charge is -2.09. The van der Waals surface area contributed by atoms with Crippen LogP contribution >= 0.6 is 0 Å². The Kier molecular flexibility index (Phi) is 3.44. The van der Waals surface area contributed by atoms with Gasteiger partial charge in [0.1, 0.15) is 5.82 Å². The van der Waals surface area contributed by atoms with Crippen LogP contribution < -0.4 is 9.47 Å². The van der Waals surface area contributed by atoms with Gasteiger partial charge >= 0.3 is 0 Å². The number of methoxy groups -OCH3 is 2. The standard InChI is InChI=1S/C11H11FO3/c1-4-9(13)7-5-10(14-2)11(15-3)6-8(7)12/h4-6H,1H2,2-3H3. The lowest BCUT2D eigenvalue weighted by molar-refractivity contribution is 0.104. The second-order valence-corrected chi connectivity index (χ2v) is 2.76. The third-order valence-corrected chi connectivity index (χ3v) is 1.92. The molecule has 80 valence electrons. The quantitative estimate of drug-likeness (QED) is 0.564. The number of ether oxygens (including phenoxy) is 2. The molecule has 0 aromatic heterocycles. The molecule has 1 aromatic rings. The number of ketones is 1. The molecule has 0 saturated carbocycles. The topological polar surface area (TPSA) is 35.5 Å². The molecule has 0 saturated heterocycles. The van der Waals surface area contributed by atoms with Crippen LogP contribution in [0, 0.1) is 5.82 Å². The Balaban J connectivity index is 3.31. The summed E-state index contributed by atoms with van der Waals surface area (Å²) < 4.78 is 23.2. The number of carbonyl (C=O) groups is 1. The largest absolute Gasteiger partial charge is 0.493 e.